The number of hydrogen-bond acceptors (Lipinski definition) is 12. The molecule has 0 aromatic rings. The first kappa shape index (κ1) is 44.5. The molecule has 0 aromatic heterocycles. The molecular weight excluding hydrogens is 505 g/mol. The summed E-state index contributed by atoms with van der Waals surface area (Å²) >= 11 is 0. The molecule has 12 N–H and O–H groups in total. The third-order valence-corrected chi connectivity index (χ3v) is 0. The third-order valence-electron chi connectivity index (χ3n) is 0. The summed E-state index contributed by atoms with van der Waals surface area (Å²) in [4.78, 5) is 96.8. The van der Waals surface area contributed by atoms with Crippen LogP contribution in [0.4, 0.5) is 0 Å². The molecule has 12 nitrogen and oxygen atoms in total. The summed E-state index contributed by atoms with van der Waals surface area (Å²) in [5.74, 6) is 0. The van der Waals surface area contributed by atoms with Gasteiger partial charge >= 0.3 is 34.7 Å². The summed E-state index contributed by atoms with van der Waals surface area (Å²) in [6.07, 6.45) is 0. The lowest BCUT2D eigenvalue weighted by atomic mass is 11.8. The molecule has 0 atom stereocenters. The molecular formula is C12H48O12Si6. The van der Waals surface area contributed by atoms with Crippen molar-refractivity contribution in [1.29, 1.82) is 0 Å². The zero-order chi connectivity index (χ0) is 27.0. The number of hydrogen-bond donors (Lipinski definition) is 12. The first-order chi connectivity index (χ1) is 12.0. The minimum atomic E-state index is -3.61. The van der Waals surface area contributed by atoms with Crippen LogP contribution in [0, 0.1) is 0 Å². The molecule has 0 radical (unpaired) electrons. The first-order valence-electron chi connectivity index (χ1n) is 8.68. The second-order valence-corrected chi connectivity index (χ2v) is 27.8. The van der Waals surface area contributed by atoms with Crippen LogP contribution >= 0.6 is 0 Å². The van der Waals surface area contributed by atoms with E-state index < -0.39 is 51.4 Å². The Kier molecular flexibility index (Phi) is 27.1. The van der Waals surface area contributed by atoms with E-state index in [9.17, 15) is 0 Å². The van der Waals surface area contributed by atoms with Gasteiger partial charge in [0.05, 0.1) is 0 Å². The van der Waals surface area contributed by atoms with Crippen LogP contribution in [-0.4, -0.2) is 109 Å². The Morgan fingerprint density at radius 3 is 0.267 bits per heavy atom. The van der Waals surface area contributed by atoms with E-state index in [-0.39, 0.29) is 0 Å². The van der Waals surface area contributed by atoms with E-state index in [4.69, 9.17) is 57.5 Å². The molecule has 0 unspecified atom stereocenters. The van der Waals surface area contributed by atoms with Gasteiger partial charge in [-0.3, -0.25) is 0 Å². The second-order valence-electron chi connectivity index (χ2n) is 9.27. The fourth-order valence-corrected chi connectivity index (χ4v) is 0. The Balaban J connectivity index is -0.0000000576. The normalized spacial score (nSPS) is 12.0. The molecule has 0 heterocycles. The van der Waals surface area contributed by atoms with Gasteiger partial charge in [0, 0.05) is 13.1 Å². The Labute approximate surface area is 187 Å². The van der Waals surface area contributed by atoms with E-state index in [1.54, 1.807) is 0 Å². The van der Waals surface area contributed by atoms with Crippen LogP contribution < -0.4 is 0 Å². The molecule has 30 heavy (non-hydrogen) atoms. The predicted molar refractivity (Wildman–Crippen MR) is 132 cm³/mol. The predicted octanol–water partition coefficient (Wildman–Crippen LogP) is -1.96. The molecule has 0 aliphatic rings. The lowest BCUT2D eigenvalue weighted by molar-refractivity contribution is 0.237. The SMILES string of the molecule is C[Si](C)(C)O.C[Si](C)(C)O.C[Si](C)(O)O.C[Si](C)(O)O.C[Si](O)(O)O.C[Si](O)(O)O. The molecule has 0 saturated heterocycles. The summed E-state index contributed by atoms with van der Waals surface area (Å²) in [5, 5.41) is 0. The van der Waals surface area contributed by atoms with E-state index in [2.05, 4.69) is 0 Å². The summed E-state index contributed by atoms with van der Waals surface area (Å²) < 4.78 is 0. The minimum Gasteiger partial charge on any atom is -0.433 e. The highest BCUT2D eigenvalue weighted by Gasteiger charge is 2.15. The average Bonchev–Trinajstić information content (AvgIpc) is 1.94. The van der Waals surface area contributed by atoms with Crippen LogP contribution in [0.5, 0.6) is 0 Å². The van der Waals surface area contributed by atoms with Gasteiger partial charge in [-0.05, 0) is 65.5 Å². The van der Waals surface area contributed by atoms with E-state index >= 15 is 0 Å². The molecule has 0 spiro atoms. The summed E-state index contributed by atoms with van der Waals surface area (Å²) in [6, 6.07) is 0. The fraction of sp³-hybridized carbons (Fsp3) is 1.00. The van der Waals surface area contributed by atoms with Crippen LogP contribution in [0.3, 0.4) is 0 Å². The zero-order valence-corrected chi connectivity index (χ0v) is 26.4. The monoisotopic (exact) mass is 552 g/mol. The van der Waals surface area contributed by atoms with Crippen molar-refractivity contribution in [3.05, 3.63) is 0 Å². The minimum absolute atomic E-state index is 0.993. The van der Waals surface area contributed by atoms with Crippen molar-refractivity contribution in [2.24, 2.45) is 0 Å². The van der Waals surface area contributed by atoms with E-state index in [1.165, 1.54) is 26.2 Å². The topological polar surface area (TPSA) is 243 Å². The highest BCUT2D eigenvalue weighted by molar-refractivity contribution is 6.68. The standard InChI is InChI=1S/2C3H10OSi.2C2H8O2Si.2CH6O3Si/c6*1-5(2,3)4/h2*4H,1-3H3;2*3-4H,1-2H3;2*2-4H,1H3. The van der Waals surface area contributed by atoms with Crippen molar-refractivity contribution < 1.29 is 57.5 Å². The van der Waals surface area contributed by atoms with Crippen LogP contribution in [0.1, 0.15) is 0 Å². The Morgan fingerprint density at radius 2 is 0.267 bits per heavy atom. The maximum atomic E-state index is 8.66. The summed E-state index contributed by atoms with van der Waals surface area (Å²) in [6.45, 7) is 19.0. The van der Waals surface area contributed by atoms with Gasteiger partial charge in [0.15, 0.2) is 16.6 Å². The molecule has 0 saturated carbocycles. The van der Waals surface area contributed by atoms with Crippen LogP contribution in [0.2, 0.25) is 78.6 Å². The summed E-state index contributed by atoms with van der Waals surface area (Å²) in [5.41, 5.74) is 0. The molecule has 0 bridgehead atoms. The Morgan fingerprint density at radius 1 is 0.267 bits per heavy atom. The van der Waals surface area contributed by atoms with Gasteiger partial charge in [-0.2, -0.15) is 0 Å². The van der Waals surface area contributed by atoms with Gasteiger partial charge in [0.1, 0.15) is 0 Å². The van der Waals surface area contributed by atoms with Gasteiger partial charge in [-0.15, -0.1) is 0 Å². The van der Waals surface area contributed by atoms with E-state index in [1.807, 2.05) is 39.3 Å². The van der Waals surface area contributed by atoms with E-state index in [0.717, 1.165) is 13.1 Å². The maximum absolute atomic E-state index is 8.66. The third kappa shape index (κ3) is 33100. The molecule has 18 heteroatoms. The highest BCUT2D eigenvalue weighted by atomic mass is 28.4. The van der Waals surface area contributed by atoms with Gasteiger partial charge in [0.25, 0.3) is 0 Å². The maximum Gasteiger partial charge on any atom is 0.489 e. The van der Waals surface area contributed by atoms with Gasteiger partial charge in [-0.1, -0.05) is 0 Å². The van der Waals surface area contributed by atoms with Crippen molar-refractivity contribution in [3.8, 4) is 0 Å². The van der Waals surface area contributed by atoms with Crippen molar-refractivity contribution >= 4 is 51.4 Å². The first-order valence-corrected chi connectivity index (χ1v) is 26.0. The quantitative estimate of drug-likeness (QED) is 0.146. The van der Waals surface area contributed by atoms with Crippen LogP contribution in [-0.2, 0) is 0 Å². The van der Waals surface area contributed by atoms with E-state index in [0.29, 0.717) is 0 Å². The van der Waals surface area contributed by atoms with Gasteiger partial charge in [0.2, 0.25) is 0 Å². The van der Waals surface area contributed by atoms with Crippen molar-refractivity contribution in [1.82, 2.24) is 0 Å². The molecule has 0 aromatic carbocycles. The molecule has 0 aliphatic heterocycles. The van der Waals surface area contributed by atoms with Crippen LogP contribution in [0.25, 0.3) is 0 Å². The van der Waals surface area contributed by atoms with Crippen molar-refractivity contribution in [2.45, 2.75) is 78.6 Å². The molecule has 0 amide bonds. The van der Waals surface area contributed by atoms with Crippen molar-refractivity contribution in [3.63, 3.8) is 0 Å². The molecule has 0 fully saturated rings. The summed E-state index contributed by atoms with van der Waals surface area (Å²) in [7, 11) is -15.7. The van der Waals surface area contributed by atoms with Crippen LogP contribution in [0.15, 0.2) is 0 Å². The Hall–Kier alpha value is 0.821. The smallest absolute Gasteiger partial charge is 0.433 e. The average molecular weight is 553 g/mol. The lowest BCUT2D eigenvalue weighted by Crippen LogP contribution is -2.28. The number of rotatable bonds is 0. The molecule has 0 rings (SSSR count). The molecule has 192 valence electrons. The van der Waals surface area contributed by atoms with Gasteiger partial charge < -0.3 is 57.5 Å². The van der Waals surface area contributed by atoms with Crippen molar-refractivity contribution in [2.75, 3.05) is 0 Å². The fourth-order valence-electron chi connectivity index (χ4n) is 0. The second kappa shape index (κ2) is 18.3. The lowest BCUT2D eigenvalue weighted by Gasteiger charge is -2.00. The molecule has 0 aliphatic carbocycles. The largest absolute Gasteiger partial charge is 0.489 e. The Bertz CT molecular complexity index is 232. The highest BCUT2D eigenvalue weighted by Crippen LogP contribution is 1.89. The van der Waals surface area contributed by atoms with Gasteiger partial charge in [-0.25, -0.2) is 0 Å². The zero-order valence-electron chi connectivity index (χ0n) is 20.4.